The van der Waals surface area contributed by atoms with Crippen LogP contribution >= 0.6 is 11.6 Å². The highest BCUT2D eigenvalue weighted by Crippen LogP contribution is 2.37. The monoisotopic (exact) mass is 345 g/mol. The average molecular weight is 346 g/mol. The Bertz CT molecular complexity index is 705. The van der Waals surface area contributed by atoms with Crippen LogP contribution in [0.1, 0.15) is 33.4 Å². The van der Waals surface area contributed by atoms with Crippen LogP contribution in [0.25, 0.3) is 0 Å². The first-order chi connectivity index (χ1) is 11.3. The van der Waals surface area contributed by atoms with Crippen molar-refractivity contribution in [3.05, 3.63) is 53.3 Å². The number of ether oxygens (including phenoxy) is 1. The van der Waals surface area contributed by atoms with Crippen molar-refractivity contribution in [2.24, 2.45) is 0 Å². The van der Waals surface area contributed by atoms with Gasteiger partial charge in [0.2, 0.25) is 0 Å². The summed E-state index contributed by atoms with van der Waals surface area (Å²) in [4.78, 5) is 4.23. The molecule has 1 aliphatic rings. The van der Waals surface area contributed by atoms with Crippen molar-refractivity contribution in [2.75, 3.05) is 0 Å². The molecule has 0 atom stereocenters. The Kier molecular flexibility index (Phi) is 4.60. The summed E-state index contributed by atoms with van der Waals surface area (Å²) in [6, 6.07) is 11.3. The Morgan fingerprint density at radius 1 is 1.08 bits per heavy atom. The maximum absolute atomic E-state index is 6.36. The second-order valence-electron chi connectivity index (χ2n) is 6.89. The zero-order valence-corrected chi connectivity index (χ0v) is 15.1. The van der Waals surface area contributed by atoms with E-state index in [1.807, 2.05) is 64.1 Å². The number of hydrogen-bond donors (Lipinski definition) is 0. The molecule has 0 N–H and O–H groups in total. The molecule has 1 aliphatic heterocycles. The van der Waals surface area contributed by atoms with E-state index >= 15 is 0 Å². The lowest BCUT2D eigenvalue weighted by molar-refractivity contribution is 0.00578. The third-order valence-corrected chi connectivity index (χ3v) is 4.88. The minimum absolute atomic E-state index is 0.371. The highest BCUT2D eigenvalue weighted by molar-refractivity contribution is 6.62. The Hall–Kier alpha value is -1.56. The van der Waals surface area contributed by atoms with E-state index in [0.717, 1.165) is 11.2 Å². The number of rotatable bonds is 4. The van der Waals surface area contributed by atoms with Crippen LogP contribution in [-0.4, -0.2) is 23.3 Å². The summed E-state index contributed by atoms with van der Waals surface area (Å²) >= 11 is 6.36. The summed E-state index contributed by atoms with van der Waals surface area (Å²) in [5.74, 6) is 0.614. The highest BCUT2D eigenvalue weighted by atomic mass is 35.5. The Morgan fingerprint density at radius 2 is 1.79 bits per heavy atom. The zero-order chi connectivity index (χ0) is 17.4. The summed E-state index contributed by atoms with van der Waals surface area (Å²) in [5.41, 5.74) is 0.976. The maximum atomic E-state index is 6.36. The van der Waals surface area contributed by atoms with E-state index < -0.39 is 7.12 Å². The van der Waals surface area contributed by atoms with Gasteiger partial charge in [0.05, 0.1) is 21.9 Å². The topological polar surface area (TPSA) is 40.6 Å². The van der Waals surface area contributed by atoms with E-state index in [-0.39, 0.29) is 11.2 Å². The molecule has 2 heterocycles. The lowest BCUT2D eigenvalue weighted by Gasteiger charge is -2.32. The van der Waals surface area contributed by atoms with E-state index in [0.29, 0.717) is 17.4 Å². The van der Waals surface area contributed by atoms with E-state index in [1.165, 1.54) is 0 Å². The standard InChI is InChI=1S/C18H21BClNO3/c1-17(2)18(3,4)24-19(23-17)13-8-9-16(15(20)11-13)22-12-14-7-5-6-10-21-14/h5-11H,12H2,1-4H3. The third-order valence-electron chi connectivity index (χ3n) is 4.58. The van der Waals surface area contributed by atoms with Gasteiger partial charge >= 0.3 is 7.12 Å². The van der Waals surface area contributed by atoms with Crippen molar-refractivity contribution in [3.8, 4) is 5.75 Å². The van der Waals surface area contributed by atoms with Crippen LogP contribution in [0.4, 0.5) is 0 Å². The van der Waals surface area contributed by atoms with Crippen molar-refractivity contribution in [3.63, 3.8) is 0 Å². The molecule has 0 bridgehead atoms. The summed E-state index contributed by atoms with van der Waals surface area (Å²) in [7, 11) is -0.433. The van der Waals surface area contributed by atoms with Crippen molar-refractivity contribution in [1.82, 2.24) is 4.98 Å². The fourth-order valence-corrected chi connectivity index (χ4v) is 2.64. The number of nitrogens with zero attached hydrogens (tertiary/aromatic N) is 1. The highest BCUT2D eigenvalue weighted by Gasteiger charge is 2.51. The van der Waals surface area contributed by atoms with E-state index in [4.69, 9.17) is 25.6 Å². The van der Waals surface area contributed by atoms with Gasteiger partial charge in [0, 0.05) is 6.20 Å². The minimum atomic E-state index is -0.433. The quantitative estimate of drug-likeness (QED) is 0.794. The van der Waals surface area contributed by atoms with Gasteiger partial charge in [-0.15, -0.1) is 0 Å². The molecule has 24 heavy (non-hydrogen) atoms. The van der Waals surface area contributed by atoms with Crippen LogP contribution in [0.5, 0.6) is 5.75 Å². The van der Waals surface area contributed by atoms with Crippen LogP contribution in [0.2, 0.25) is 5.02 Å². The minimum Gasteiger partial charge on any atom is -0.486 e. The summed E-state index contributed by atoms with van der Waals surface area (Å²) in [6.07, 6.45) is 1.74. The molecule has 0 radical (unpaired) electrons. The molecule has 0 amide bonds. The van der Waals surface area contributed by atoms with Gasteiger partial charge in [0.15, 0.2) is 0 Å². The number of aromatic nitrogens is 1. The van der Waals surface area contributed by atoms with Gasteiger partial charge in [0.1, 0.15) is 12.4 Å². The van der Waals surface area contributed by atoms with Gasteiger partial charge in [0.25, 0.3) is 0 Å². The van der Waals surface area contributed by atoms with Gasteiger partial charge in [-0.1, -0.05) is 23.7 Å². The van der Waals surface area contributed by atoms with Crippen LogP contribution < -0.4 is 10.2 Å². The zero-order valence-electron chi connectivity index (χ0n) is 14.4. The molecule has 0 spiro atoms. The van der Waals surface area contributed by atoms with Crippen molar-refractivity contribution in [2.45, 2.75) is 45.5 Å². The van der Waals surface area contributed by atoms with Crippen LogP contribution in [0.15, 0.2) is 42.6 Å². The van der Waals surface area contributed by atoms with Crippen LogP contribution in [0.3, 0.4) is 0 Å². The Morgan fingerprint density at radius 3 is 2.38 bits per heavy atom. The predicted octanol–water partition coefficient (Wildman–Crippen LogP) is 3.61. The van der Waals surface area contributed by atoms with Gasteiger partial charge < -0.3 is 14.0 Å². The smallest absolute Gasteiger partial charge is 0.486 e. The molecular weight excluding hydrogens is 324 g/mol. The molecule has 6 heteroatoms. The molecule has 1 saturated heterocycles. The third kappa shape index (κ3) is 3.43. The fraction of sp³-hybridized carbons (Fsp3) is 0.389. The molecular formula is C18H21BClNO3. The molecule has 4 nitrogen and oxygen atoms in total. The molecule has 1 aromatic heterocycles. The van der Waals surface area contributed by atoms with Gasteiger partial charge in [-0.3, -0.25) is 4.98 Å². The van der Waals surface area contributed by atoms with Crippen molar-refractivity contribution < 1.29 is 14.0 Å². The molecule has 3 rings (SSSR count). The van der Waals surface area contributed by atoms with Crippen LogP contribution in [-0.2, 0) is 15.9 Å². The molecule has 1 aromatic carbocycles. The maximum Gasteiger partial charge on any atom is 0.494 e. The summed E-state index contributed by atoms with van der Waals surface area (Å²) in [5, 5.41) is 0.526. The second kappa shape index (κ2) is 6.39. The molecule has 126 valence electrons. The molecule has 0 aliphatic carbocycles. The second-order valence-corrected chi connectivity index (χ2v) is 7.30. The SMILES string of the molecule is CC1(C)OB(c2ccc(OCc3ccccn3)c(Cl)c2)OC1(C)C. The lowest BCUT2D eigenvalue weighted by Crippen LogP contribution is -2.41. The largest absolute Gasteiger partial charge is 0.494 e. The summed E-state index contributed by atoms with van der Waals surface area (Å²) in [6.45, 7) is 8.48. The first kappa shape index (κ1) is 17.3. The number of benzene rings is 1. The van der Waals surface area contributed by atoms with E-state index in [1.54, 1.807) is 6.20 Å². The number of pyridine rings is 1. The Balaban J connectivity index is 1.71. The van der Waals surface area contributed by atoms with Crippen molar-refractivity contribution in [1.29, 1.82) is 0 Å². The van der Waals surface area contributed by atoms with Crippen LogP contribution in [0, 0.1) is 0 Å². The average Bonchev–Trinajstić information content (AvgIpc) is 2.75. The van der Waals surface area contributed by atoms with Gasteiger partial charge in [-0.05, 0) is 57.4 Å². The van der Waals surface area contributed by atoms with Crippen molar-refractivity contribution >= 4 is 24.2 Å². The molecule has 1 fully saturated rings. The van der Waals surface area contributed by atoms with Gasteiger partial charge in [-0.2, -0.15) is 0 Å². The lowest BCUT2D eigenvalue weighted by atomic mass is 9.79. The van der Waals surface area contributed by atoms with E-state index in [2.05, 4.69) is 4.98 Å². The molecule has 0 saturated carbocycles. The summed E-state index contributed by atoms with van der Waals surface area (Å²) < 4.78 is 17.8. The predicted molar refractivity (Wildman–Crippen MR) is 95.7 cm³/mol. The number of halogens is 1. The first-order valence-corrected chi connectivity index (χ1v) is 8.34. The molecule has 2 aromatic rings. The van der Waals surface area contributed by atoms with E-state index in [9.17, 15) is 0 Å². The number of hydrogen-bond acceptors (Lipinski definition) is 4. The first-order valence-electron chi connectivity index (χ1n) is 7.96. The molecule has 0 unspecified atom stereocenters. The fourth-order valence-electron chi connectivity index (χ4n) is 2.40. The van der Waals surface area contributed by atoms with Gasteiger partial charge in [-0.25, -0.2) is 0 Å². The Labute approximate surface area is 148 Å². The normalized spacial score (nSPS) is 18.6.